The van der Waals surface area contributed by atoms with Crippen molar-refractivity contribution in [2.75, 3.05) is 12.8 Å². The van der Waals surface area contributed by atoms with Gasteiger partial charge in [0, 0.05) is 18.5 Å². The van der Waals surface area contributed by atoms with Crippen LogP contribution >= 0.6 is 0 Å². The Morgan fingerprint density at radius 3 is 2.83 bits per heavy atom. The number of rotatable bonds is 2. The first kappa shape index (κ1) is 10.7. The van der Waals surface area contributed by atoms with Crippen LogP contribution in [0.4, 0.5) is 5.82 Å². The molecule has 0 atom stereocenters. The minimum Gasteiger partial charge on any atom is -0.495 e. The SMILES string of the molecule is COc1cccc2cc(-c3cc(N)n[nH]3)n(C)c12. The molecule has 5 heteroatoms. The Kier molecular flexibility index (Phi) is 2.26. The Labute approximate surface area is 104 Å². The van der Waals surface area contributed by atoms with Crippen LogP contribution in [0.2, 0.25) is 0 Å². The molecule has 0 spiro atoms. The van der Waals surface area contributed by atoms with Crippen molar-refractivity contribution in [3.8, 4) is 17.1 Å². The van der Waals surface area contributed by atoms with Crippen molar-refractivity contribution in [2.45, 2.75) is 0 Å². The molecule has 0 bridgehead atoms. The van der Waals surface area contributed by atoms with Crippen LogP contribution in [0.5, 0.6) is 5.75 Å². The molecule has 0 aliphatic rings. The predicted molar refractivity (Wildman–Crippen MR) is 71.5 cm³/mol. The molecule has 3 rings (SSSR count). The molecule has 2 aromatic heterocycles. The summed E-state index contributed by atoms with van der Waals surface area (Å²) in [5.74, 6) is 1.34. The number of methoxy groups -OCH3 is 1. The number of fused-ring (bicyclic) bond motifs is 1. The first-order valence-electron chi connectivity index (χ1n) is 5.64. The quantitative estimate of drug-likeness (QED) is 0.723. The number of aromatic nitrogens is 3. The van der Waals surface area contributed by atoms with Gasteiger partial charge in [0.15, 0.2) is 0 Å². The van der Waals surface area contributed by atoms with Gasteiger partial charge in [0.2, 0.25) is 0 Å². The van der Waals surface area contributed by atoms with Gasteiger partial charge < -0.3 is 15.0 Å². The minimum atomic E-state index is 0.488. The lowest BCUT2D eigenvalue weighted by Gasteiger charge is -2.05. The molecule has 0 aliphatic heterocycles. The molecular weight excluding hydrogens is 228 g/mol. The average molecular weight is 242 g/mol. The van der Waals surface area contributed by atoms with Gasteiger partial charge in [-0.25, -0.2) is 0 Å². The number of hydrogen-bond donors (Lipinski definition) is 2. The van der Waals surface area contributed by atoms with Gasteiger partial charge in [0.05, 0.1) is 24.0 Å². The monoisotopic (exact) mass is 242 g/mol. The summed E-state index contributed by atoms with van der Waals surface area (Å²) < 4.78 is 7.46. The number of hydrogen-bond acceptors (Lipinski definition) is 3. The number of H-pyrrole nitrogens is 1. The van der Waals surface area contributed by atoms with Gasteiger partial charge in [-0.2, -0.15) is 5.10 Å². The topological polar surface area (TPSA) is 68.9 Å². The van der Waals surface area contributed by atoms with Crippen molar-refractivity contribution in [1.29, 1.82) is 0 Å². The second-order valence-corrected chi connectivity index (χ2v) is 4.19. The van der Waals surface area contributed by atoms with Gasteiger partial charge in [-0.3, -0.25) is 5.10 Å². The number of para-hydroxylation sites is 1. The van der Waals surface area contributed by atoms with E-state index in [4.69, 9.17) is 10.5 Å². The van der Waals surface area contributed by atoms with Crippen LogP contribution in [0.3, 0.4) is 0 Å². The lowest BCUT2D eigenvalue weighted by Crippen LogP contribution is -1.94. The van der Waals surface area contributed by atoms with E-state index in [9.17, 15) is 0 Å². The van der Waals surface area contributed by atoms with E-state index < -0.39 is 0 Å². The van der Waals surface area contributed by atoms with Crippen molar-refractivity contribution < 1.29 is 4.74 Å². The maximum Gasteiger partial charge on any atom is 0.145 e. The van der Waals surface area contributed by atoms with Crippen LogP contribution in [0.15, 0.2) is 30.3 Å². The van der Waals surface area contributed by atoms with E-state index in [1.54, 1.807) is 7.11 Å². The second kappa shape index (κ2) is 3.80. The first-order valence-corrected chi connectivity index (χ1v) is 5.64. The minimum absolute atomic E-state index is 0.488. The number of nitrogens with one attached hydrogen (secondary N) is 1. The zero-order valence-corrected chi connectivity index (χ0v) is 10.3. The second-order valence-electron chi connectivity index (χ2n) is 4.19. The average Bonchev–Trinajstić information content (AvgIpc) is 2.93. The number of nitrogens with zero attached hydrogens (tertiary/aromatic N) is 2. The molecule has 0 saturated carbocycles. The highest BCUT2D eigenvalue weighted by Crippen LogP contribution is 2.32. The molecule has 0 fully saturated rings. The Morgan fingerprint density at radius 1 is 1.33 bits per heavy atom. The maximum atomic E-state index is 5.64. The molecule has 18 heavy (non-hydrogen) atoms. The highest BCUT2D eigenvalue weighted by molar-refractivity contribution is 5.91. The summed E-state index contributed by atoms with van der Waals surface area (Å²) in [7, 11) is 3.67. The van der Waals surface area contributed by atoms with E-state index in [2.05, 4.69) is 26.9 Å². The van der Waals surface area contributed by atoms with Crippen molar-refractivity contribution in [2.24, 2.45) is 7.05 Å². The molecule has 92 valence electrons. The smallest absolute Gasteiger partial charge is 0.145 e. The summed E-state index contributed by atoms with van der Waals surface area (Å²) in [4.78, 5) is 0. The van der Waals surface area contributed by atoms with Crippen LogP contribution in [0, 0.1) is 0 Å². The highest BCUT2D eigenvalue weighted by atomic mass is 16.5. The fraction of sp³-hybridized carbons (Fsp3) is 0.154. The van der Waals surface area contributed by atoms with E-state index in [1.165, 1.54) is 0 Å². The van der Waals surface area contributed by atoms with Gasteiger partial charge in [0.1, 0.15) is 11.6 Å². The number of nitrogen functional groups attached to an aromatic ring is 1. The van der Waals surface area contributed by atoms with Crippen LogP contribution in [0.1, 0.15) is 0 Å². The molecule has 0 radical (unpaired) electrons. The number of aromatic amines is 1. The maximum absolute atomic E-state index is 5.64. The van der Waals surface area contributed by atoms with E-state index in [0.29, 0.717) is 5.82 Å². The van der Waals surface area contributed by atoms with E-state index in [1.807, 2.05) is 25.2 Å². The van der Waals surface area contributed by atoms with E-state index >= 15 is 0 Å². The number of aryl methyl sites for hydroxylation is 1. The molecular formula is C13H14N4O. The molecule has 3 N–H and O–H groups in total. The third kappa shape index (κ3) is 1.44. The molecule has 2 heterocycles. The number of anilines is 1. The number of nitrogens with two attached hydrogens (primary N) is 1. The van der Waals surface area contributed by atoms with Gasteiger partial charge in [-0.05, 0) is 12.1 Å². The normalized spacial score (nSPS) is 11.0. The molecule has 0 aliphatic carbocycles. The Balaban J connectivity index is 2.29. The Morgan fingerprint density at radius 2 is 2.17 bits per heavy atom. The lowest BCUT2D eigenvalue weighted by atomic mass is 10.2. The van der Waals surface area contributed by atoms with Gasteiger partial charge in [0.25, 0.3) is 0 Å². The van der Waals surface area contributed by atoms with Crippen LogP contribution in [-0.4, -0.2) is 21.9 Å². The molecule has 0 unspecified atom stereocenters. The molecule has 3 aromatic rings. The summed E-state index contributed by atoms with van der Waals surface area (Å²) in [6.07, 6.45) is 0. The summed E-state index contributed by atoms with van der Waals surface area (Å²) in [6, 6.07) is 9.90. The van der Waals surface area contributed by atoms with E-state index in [-0.39, 0.29) is 0 Å². The zero-order chi connectivity index (χ0) is 12.7. The van der Waals surface area contributed by atoms with Gasteiger partial charge in [-0.1, -0.05) is 12.1 Å². The third-order valence-corrected chi connectivity index (χ3v) is 3.11. The zero-order valence-electron chi connectivity index (χ0n) is 10.3. The molecule has 0 saturated heterocycles. The summed E-state index contributed by atoms with van der Waals surface area (Å²) in [5.41, 5.74) is 8.62. The largest absolute Gasteiger partial charge is 0.495 e. The van der Waals surface area contributed by atoms with E-state index in [0.717, 1.165) is 28.0 Å². The third-order valence-electron chi connectivity index (χ3n) is 3.11. The fourth-order valence-electron chi connectivity index (χ4n) is 2.27. The van der Waals surface area contributed by atoms with Crippen LogP contribution in [-0.2, 0) is 7.05 Å². The van der Waals surface area contributed by atoms with Crippen molar-refractivity contribution >= 4 is 16.7 Å². The van der Waals surface area contributed by atoms with Crippen molar-refractivity contribution in [3.05, 3.63) is 30.3 Å². The Bertz CT molecular complexity index is 711. The van der Waals surface area contributed by atoms with Gasteiger partial charge >= 0.3 is 0 Å². The van der Waals surface area contributed by atoms with Crippen LogP contribution in [0.25, 0.3) is 22.3 Å². The standard InChI is InChI=1S/C13H14N4O/c1-17-10(9-7-12(14)16-15-9)6-8-4-3-5-11(18-2)13(8)17/h3-7H,1-2H3,(H3,14,15,16). The number of ether oxygens (including phenoxy) is 1. The Hall–Kier alpha value is -2.43. The fourth-order valence-corrected chi connectivity index (χ4v) is 2.27. The predicted octanol–water partition coefficient (Wildman–Crippen LogP) is 2.16. The van der Waals surface area contributed by atoms with Crippen molar-refractivity contribution in [3.63, 3.8) is 0 Å². The molecule has 0 amide bonds. The summed E-state index contributed by atoms with van der Waals surface area (Å²) in [5, 5.41) is 8.00. The summed E-state index contributed by atoms with van der Waals surface area (Å²) in [6.45, 7) is 0. The highest BCUT2D eigenvalue weighted by Gasteiger charge is 2.12. The number of benzene rings is 1. The lowest BCUT2D eigenvalue weighted by molar-refractivity contribution is 0.418. The van der Waals surface area contributed by atoms with Gasteiger partial charge in [-0.15, -0.1) is 0 Å². The van der Waals surface area contributed by atoms with Crippen LogP contribution < -0.4 is 10.5 Å². The summed E-state index contributed by atoms with van der Waals surface area (Å²) >= 11 is 0. The molecule has 1 aromatic carbocycles. The van der Waals surface area contributed by atoms with Crippen molar-refractivity contribution in [1.82, 2.24) is 14.8 Å². The first-order chi connectivity index (χ1) is 8.70. The molecule has 5 nitrogen and oxygen atoms in total.